The van der Waals surface area contributed by atoms with Crippen LogP contribution in [-0.2, 0) is 9.59 Å². The van der Waals surface area contributed by atoms with Crippen LogP contribution in [0, 0.1) is 5.82 Å². The molecule has 3 rings (SSSR count). The van der Waals surface area contributed by atoms with Crippen molar-refractivity contribution in [1.82, 2.24) is 4.90 Å². The van der Waals surface area contributed by atoms with E-state index in [4.69, 9.17) is 0 Å². The number of benzene rings is 1. The van der Waals surface area contributed by atoms with Crippen molar-refractivity contribution in [2.45, 2.75) is 0 Å². The zero-order valence-electron chi connectivity index (χ0n) is 11.1. The summed E-state index contributed by atoms with van der Waals surface area (Å²) in [6.07, 6.45) is 0. The number of rotatable bonds is 3. The third kappa shape index (κ3) is 2.34. The van der Waals surface area contributed by atoms with Crippen molar-refractivity contribution in [3.8, 4) is 0 Å². The predicted octanol–water partition coefficient (Wildman–Crippen LogP) is 2.71. The largest absolute Gasteiger partial charge is 0.350 e. The smallest absolute Gasteiger partial charge is 0.277 e. The molecule has 0 saturated carbocycles. The number of likely N-dealkylation sites (N-methyl/N-ethyl adjacent to an activating group) is 1. The van der Waals surface area contributed by atoms with Gasteiger partial charge in [-0.2, -0.15) is 0 Å². The number of carbonyl (C=O) groups is 2. The van der Waals surface area contributed by atoms with Gasteiger partial charge in [-0.05, 0) is 35.7 Å². The van der Waals surface area contributed by atoms with E-state index in [0.717, 1.165) is 9.78 Å². The first-order valence-corrected chi connectivity index (χ1v) is 7.09. The van der Waals surface area contributed by atoms with E-state index in [1.807, 2.05) is 11.4 Å². The highest BCUT2D eigenvalue weighted by Crippen LogP contribution is 2.31. The van der Waals surface area contributed by atoms with Crippen LogP contribution >= 0.6 is 11.3 Å². The van der Waals surface area contributed by atoms with Crippen molar-refractivity contribution in [3.05, 3.63) is 58.2 Å². The van der Waals surface area contributed by atoms with Crippen molar-refractivity contribution in [1.29, 1.82) is 0 Å². The molecule has 2 aromatic rings. The molecule has 4 nitrogen and oxygen atoms in total. The maximum Gasteiger partial charge on any atom is 0.277 e. The summed E-state index contributed by atoms with van der Waals surface area (Å²) in [5.41, 5.74) is 1.12. The van der Waals surface area contributed by atoms with E-state index in [0.29, 0.717) is 11.3 Å². The third-order valence-electron chi connectivity index (χ3n) is 3.17. The lowest BCUT2D eigenvalue weighted by molar-refractivity contribution is -0.135. The molecule has 1 aliphatic heterocycles. The molecule has 0 radical (unpaired) electrons. The minimum absolute atomic E-state index is 0.219. The Bertz CT molecular complexity index is 736. The Hall–Kier alpha value is -2.47. The van der Waals surface area contributed by atoms with E-state index in [1.165, 1.54) is 42.6 Å². The summed E-state index contributed by atoms with van der Waals surface area (Å²) < 4.78 is 12.9. The molecule has 2 heterocycles. The van der Waals surface area contributed by atoms with Crippen molar-refractivity contribution < 1.29 is 14.0 Å². The van der Waals surface area contributed by atoms with Crippen molar-refractivity contribution >= 4 is 34.4 Å². The fraction of sp³-hybridized carbons (Fsp3) is 0.0667. The van der Waals surface area contributed by atoms with Gasteiger partial charge in [-0.15, -0.1) is 11.3 Å². The number of amides is 2. The Balaban J connectivity index is 2.04. The lowest BCUT2D eigenvalue weighted by atomic mass is 10.2. The van der Waals surface area contributed by atoms with Crippen LogP contribution in [-0.4, -0.2) is 23.8 Å². The molecule has 1 aromatic heterocycles. The van der Waals surface area contributed by atoms with Gasteiger partial charge in [-0.3, -0.25) is 14.5 Å². The van der Waals surface area contributed by atoms with Gasteiger partial charge in [0.05, 0.1) is 5.57 Å². The van der Waals surface area contributed by atoms with Gasteiger partial charge in [0.1, 0.15) is 11.5 Å². The molecule has 1 aromatic carbocycles. The SMILES string of the molecule is CN1C(=O)C(Nc2ccc(F)cc2)=C(c2cccs2)C1=O. The van der Waals surface area contributed by atoms with Gasteiger partial charge in [0.15, 0.2) is 0 Å². The van der Waals surface area contributed by atoms with E-state index in [2.05, 4.69) is 5.32 Å². The van der Waals surface area contributed by atoms with Crippen molar-refractivity contribution in [2.75, 3.05) is 12.4 Å². The molecule has 0 saturated heterocycles. The molecule has 0 atom stereocenters. The minimum Gasteiger partial charge on any atom is -0.350 e. The average Bonchev–Trinajstić information content (AvgIpc) is 3.06. The number of hydrogen-bond acceptors (Lipinski definition) is 4. The highest BCUT2D eigenvalue weighted by atomic mass is 32.1. The molecule has 1 aliphatic rings. The summed E-state index contributed by atoms with van der Waals surface area (Å²) in [6, 6.07) is 9.22. The first kappa shape index (κ1) is 13.5. The van der Waals surface area contributed by atoms with Crippen LogP contribution in [0.2, 0.25) is 0 Å². The lowest BCUT2D eigenvalue weighted by Crippen LogP contribution is -2.27. The average molecular weight is 302 g/mol. The Morgan fingerprint density at radius 2 is 1.81 bits per heavy atom. The number of hydrogen-bond donors (Lipinski definition) is 1. The maximum atomic E-state index is 12.9. The van der Waals surface area contributed by atoms with Crippen molar-refractivity contribution in [2.24, 2.45) is 0 Å². The molecule has 2 amide bonds. The van der Waals surface area contributed by atoms with Crippen LogP contribution in [0.5, 0.6) is 0 Å². The van der Waals surface area contributed by atoms with Gasteiger partial charge in [0, 0.05) is 17.6 Å². The van der Waals surface area contributed by atoms with E-state index in [-0.39, 0.29) is 17.4 Å². The second kappa shape index (κ2) is 5.14. The van der Waals surface area contributed by atoms with Crippen LogP contribution in [0.3, 0.4) is 0 Å². The van der Waals surface area contributed by atoms with Crippen LogP contribution in [0.15, 0.2) is 47.5 Å². The number of carbonyl (C=O) groups excluding carboxylic acids is 2. The van der Waals surface area contributed by atoms with Crippen LogP contribution in [0.1, 0.15) is 4.88 Å². The number of anilines is 1. The molecule has 0 spiro atoms. The first-order valence-electron chi connectivity index (χ1n) is 6.21. The van der Waals surface area contributed by atoms with Crippen molar-refractivity contribution in [3.63, 3.8) is 0 Å². The molecule has 0 fully saturated rings. The van der Waals surface area contributed by atoms with Gasteiger partial charge in [-0.25, -0.2) is 4.39 Å². The molecule has 0 aliphatic carbocycles. The van der Waals surface area contributed by atoms with Gasteiger partial charge in [0.2, 0.25) is 0 Å². The zero-order chi connectivity index (χ0) is 15.0. The Morgan fingerprint density at radius 1 is 1.10 bits per heavy atom. The second-order valence-corrected chi connectivity index (χ2v) is 5.48. The van der Waals surface area contributed by atoms with Gasteiger partial charge in [-0.1, -0.05) is 6.07 Å². The number of nitrogens with one attached hydrogen (secondary N) is 1. The number of imide groups is 1. The van der Waals surface area contributed by atoms with E-state index < -0.39 is 5.91 Å². The Morgan fingerprint density at radius 3 is 2.43 bits per heavy atom. The summed E-state index contributed by atoms with van der Waals surface area (Å²) >= 11 is 1.39. The van der Waals surface area contributed by atoms with Crippen LogP contribution in [0.25, 0.3) is 5.57 Å². The van der Waals surface area contributed by atoms with Gasteiger partial charge >= 0.3 is 0 Å². The topological polar surface area (TPSA) is 49.4 Å². The molecule has 6 heteroatoms. The maximum absolute atomic E-state index is 12.9. The molecule has 0 unspecified atom stereocenters. The normalized spacial score (nSPS) is 15.0. The molecule has 106 valence electrons. The standard InChI is InChI=1S/C15H11FN2O2S/c1-18-14(19)12(11-3-2-8-21-11)13(15(18)20)17-10-6-4-9(16)5-7-10/h2-8,17H,1H3. The minimum atomic E-state index is -0.396. The second-order valence-electron chi connectivity index (χ2n) is 4.53. The summed E-state index contributed by atoms with van der Waals surface area (Å²) in [7, 11) is 1.44. The summed E-state index contributed by atoms with van der Waals surface area (Å²) in [4.78, 5) is 26.2. The Labute approximate surface area is 124 Å². The molecular weight excluding hydrogens is 291 g/mol. The Kier molecular flexibility index (Phi) is 3.31. The highest BCUT2D eigenvalue weighted by molar-refractivity contribution is 7.11. The van der Waals surface area contributed by atoms with Crippen LogP contribution in [0.4, 0.5) is 10.1 Å². The third-order valence-corrected chi connectivity index (χ3v) is 4.06. The molecule has 0 bridgehead atoms. The first-order chi connectivity index (χ1) is 10.1. The van der Waals surface area contributed by atoms with E-state index >= 15 is 0 Å². The van der Waals surface area contributed by atoms with Crippen LogP contribution < -0.4 is 5.32 Å². The number of thiophene rings is 1. The fourth-order valence-corrected chi connectivity index (χ4v) is 2.85. The highest BCUT2D eigenvalue weighted by Gasteiger charge is 2.37. The van der Waals surface area contributed by atoms with E-state index in [1.54, 1.807) is 6.07 Å². The molecule has 1 N–H and O–H groups in total. The van der Waals surface area contributed by atoms with Gasteiger partial charge < -0.3 is 5.32 Å². The zero-order valence-corrected chi connectivity index (χ0v) is 11.9. The number of halogens is 1. The lowest BCUT2D eigenvalue weighted by Gasteiger charge is -2.08. The number of nitrogens with zero attached hydrogens (tertiary/aromatic N) is 1. The fourth-order valence-electron chi connectivity index (χ4n) is 2.08. The van der Waals surface area contributed by atoms with E-state index in [9.17, 15) is 14.0 Å². The summed E-state index contributed by atoms with van der Waals surface area (Å²) in [6.45, 7) is 0. The quantitative estimate of drug-likeness (QED) is 0.887. The van der Waals surface area contributed by atoms with Gasteiger partial charge in [0.25, 0.3) is 11.8 Å². The molecular formula is C15H11FN2O2S. The predicted molar refractivity (Wildman–Crippen MR) is 79.0 cm³/mol. The monoisotopic (exact) mass is 302 g/mol. The summed E-state index contributed by atoms with van der Waals surface area (Å²) in [5, 5.41) is 4.77. The summed E-state index contributed by atoms with van der Waals surface area (Å²) in [5.74, 6) is -1.10. The molecule has 21 heavy (non-hydrogen) atoms.